The van der Waals surface area contributed by atoms with E-state index in [1.54, 1.807) is 23.3 Å². The van der Waals surface area contributed by atoms with Crippen LogP contribution in [0, 0.1) is 0 Å². The molecule has 0 saturated heterocycles. The molecular weight excluding hydrogens is 322 g/mol. The lowest BCUT2D eigenvalue weighted by molar-refractivity contribution is 0.0958. The molecule has 0 radical (unpaired) electrons. The number of imidazole rings is 1. The molecule has 1 amide bonds. The zero-order chi connectivity index (χ0) is 17.2. The average Bonchev–Trinajstić information content (AvgIpc) is 3.37. The SMILES string of the molecule is NC(=O)c1nc(Cn2ccnc2-c2cccc(-n3cccn3)c2)no1. The van der Waals surface area contributed by atoms with Crippen LogP contribution in [0.3, 0.4) is 0 Å². The molecule has 9 heteroatoms. The maximum absolute atomic E-state index is 11.1. The standard InChI is InChI=1S/C16H13N7O2/c17-14(24)16-20-13(21-25-16)10-22-8-6-18-15(22)11-3-1-4-12(9-11)23-7-2-5-19-23/h1-9H,10H2,(H2,17,24). The van der Waals surface area contributed by atoms with Crippen molar-refractivity contribution in [2.24, 2.45) is 5.73 Å². The summed E-state index contributed by atoms with van der Waals surface area (Å²) in [6.07, 6.45) is 7.08. The van der Waals surface area contributed by atoms with E-state index in [9.17, 15) is 4.79 Å². The summed E-state index contributed by atoms with van der Waals surface area (Å²) in [5.74, 6) is 0.115. The quantitative estimate of drug-likeness (QED) is 0.587. The first-order chi connectivity index (χ1) is 12.2. The summed E-state index contributed by atoms with van der Waals surface area (Å²) >= 11 is 0. The number of primary amides is 1. The highest BCUT2D eigenvalue weighted by atomic mass is 16.5. The van der Waals surface area contributed by atoms with Gasteiger partial charge in [0.15, 0.2) is 5.82 Å². The first-order valence-electron chi connectivity index (χ1n) is 7.45. The van der Waals surface area contributed by atoms with Crippen molar-refractivity contribution in [3.05, 3.63) is 66.8 Å². The van der Waals surface area contributed by atoms with Gasteiger partial charge in [0.2, 0.25) is 0 Å². The van der Waals surface area contributed by atoms with Crippen LogP contribution in [0.2, 0.25) is 0 Å². The fourth-order valence-corrected chi connectivity index (χ4v) is 2.48. The minimum Gasteiger partial charge on any atom is -0.361 e. The number of carbonyl (C=O) groups excluding carboxylic acids is 1. The van der Waals surface area contributed by atoms with Gasteiger partial charge in [0.25, 0.3) is 0 Å². The topological polar surface area (TPSA) is 118 Å². The monoisotopic (exact) mass is 335 g/mol. The van der Waals surface area contributed by atoms with Gasteiger partial charge in [-0.15, -0.1) is 0 Å². The number of carbonyl (C=O) groups is 1. The molecule has 0 fully saturated rings. The van der Waals surface area contributed by atoms with E-state index in [-0.39, 0.29) is 5.89 Å². The molecule has 9 nitrogen and oxygen atoms in total. The van der Waals surface area contributed by atoms with Crippen molar-refractivity contribution in [2.75, 3.05) is 0 Å². The molecule has 0 aliphatic rings. The second-order valence-electron chi connectivity index (χ2n) is 5.26. The molecule has 0 bridgehead atoms. The van der Waals surface area contributed by atoms with Crippen molar-refractivity contribution in [3.8, 4) is 17.1 Å². The number of benzene rings is 1. The van der Waals surface area contributed by atoms with Crippen LogP contribution in [0.5, 0.6) is 0 Å². The molecule has 25 heavy (non-hydrogen) atoms. The van der Waals surface area contributed by atoms with E-state index >= 15 is 0 Å². The maximum Gasteiger partial charge on any atom is 0.315 e. The molecule has 2 N–H and O–H groups in total. The van der Waals surface area contributed by atoms with Crippen molar-refractivity contribution >= 4 is 5.91 Å². The van der Waals surface area contributed by atoms with Crippen LogP contribution in [0.1, 0.15) is 16.5 Å². The van der Waals surface area contributed by atoms with Gasteiger partial charge in [-0.3, -0.25) is 4.79 Å². The number of nitrogens with two attached hydrogens (primary N) is 1. The van der Waals surface area contributed by atoms with E-state index in [0.29, 0.717) is 12.4 Å². The Morgan fingerprint density at radius 3 is 2.88 bits per heavy atom. The number of hydrogen-bond donors (Lipinski definition) is 1. The summed E-state index contributed by atoms with van der Waals surface area (Å²) in [4.78, 5) is 19.4. The molecule has 3 aromatic heterocycles. The third-order valence-corrected chi connectivity index (χ3v) is 3.58. The van der Waals surface area contributed by atoms with Crippen molar-refractivity contribution in [3.63, 3.8) is 0 Å². The first-order valence-corrected chi connectivity index (χ1v) is 7.45. The molecule has 0 saturated carbocycles. The molecule has 0 unspecified atom stereocenters. The zero-order valence-electron chi connectivity index (χ0n) is 13.0. The lowest BCUT2D eigenvalue weighted by Gasteiger charge is -2.07. The second-order valence-corrected chi connectivity index (χ2v) is 5.26. The molecule has 1 aromatic carbocycles. The molecule has 4 aromatic rings. The molecule has 0 aliphatic heterocycles. The van der Waals surface area contributed by atoms with Crippen LogP contribution in [0.25, 0.3) is 17.1 Å². The highest BCUT2D eigenvalue weighted by molar-refractivity contribution is 5.87. The molecule has 0 aliphatic carbocycles. The lowest BCUT2D eigenvalue weighted by atomic mass is 10.2. The Labute approximate surface area is 141 Å². The van der Waals surface area contributed by atoms with E-state index in [2.05, 4.69) is 20.2 Å². The predicted octanol–water partition coefficient (Wildman–Crippen LogP) is 1.27. The van der Waals surface area contributed by atoms with Crippen molar-refractivity contribution in [1.82, 2.24) is 29.5 Å². The van der Waals surface area contributed by atoms with Crippen LogP contribution in [-0.4, -0.2) is 35.4 Å². The predicted molar refractivity (Wildman–Crippen MR) is 86.7 cm³/mol. The first kappa shape index (κ1) is 14.8. The van der Waals surface area contributed by atoms with Crippen LogP contribution >= 0.6 is 0 Å². The summed E-state index contributed by atoms with van der Waals surface area (Å²) in [6.45, 7) is 0.304. The van der Waals surface area contributed by atoms with Gasteiger partial charge >= 0.3 is 11.8 Å². The van der Waals surface area contributed by atoms with Crippen molar-refractivity contribution < 1.29 is 9.32 Å². The minimum absolute atomic E-state index is 0.211. The Balaban J connectivity index is 1.65. The molecule has 0 spiro atoms. The zero-order valence-corrected chi connectivity index (χ0v) is 13.0. The van der Waals surface area contributed by atoms with Gasteiger partial charge in [-0.2, -0.15) is 10.1 Å². The molecular formula is C16H13N7O2. The van der Waals surface area contributed by atoms with Crippen LogP contribution in [0.4, 0.5) is 0 Å². The summed E-state index contributed by atoms with van der Waals surface area (Å²) < 4.78 is 8.44. The Hall–Kier alpha value is -3.75. The molecule has 4 rings (SSSR count). The normalized spacial score (nSPS) is 10.9. The molecule has 124 valence electrons. The second kappa shape index (κ2) is 6.04. The van der Waals surface area contributed by atoms with Crippen LogP contribution in [0.15, 0.2) is 59.6 Å². The van der Waals surface area contributed by atoms with Gasteiger partial charge in [-0.1, -0.05) is 17.3 Å². The summed E-state index contributed by atoms with van der Waals surface area (Å²) in [6, 6.07) is 9.70. The van der Waals surface area contributed by atoms with E-state index < -0.39 is 5.91 Å². The number of amides is 1. The number of rotatable bonds is 5. The molecule has 3 heterocycles. The number of aromatic nitrogens is 6. The fraction of sp³-hybridized carbons (Fsp3) is 0.0625. The number of nitrogens with zero attached hydrogens (tertiary/aromatic N) is 6. The number of hydrogen-bond acceptors (Lipinski definition) is 6. The highest BCUT2D eigenvalue weighted by Crippen LogP contribution is 2.21. The Kier molecular flexibility index (Phi) is 3.58. The Morgan fingerprint density at radius 1 is 1.20 bits per heavy atom. The average molecular weight is 335 g/mol. The smallest absolute Gasteiger partial charge is 0.315 e. The summed E-state index contributed by atoms with van der Waals surface area (Å²) in [7, 11) is 0. The van der Waals surface area contributed by atoms with Gasteiger partial charge < -0.3 is 14.8 Å². The van der Waals surface area contributed by atoms with E-state index in [1.165, 1.54) is 0 Å². The van der Waals surface area contributed by atoms with E-state index in [1.807, 2.05) is 41.1 Å². The fourth-order valence-electron chi connectivity index (χ4n) is 2.48. The summed E-state index contributed by atoms with van der Waals surface area (Å²) in [5.41, 5.74) is 6.96. The van der Waals surface area contributed by atoms with Crippen molar-refractivity contribution in [1.29, 1.82) is 0 Å². The van der Waals surface area contributed by atoms with Gasteiger partial charge in [-0.25, -0.2) is 9.67 Å². The lowest BCUT2D eigenvalue weighted by Crippen LogP contribution is -2.11. The minimum atomic E-state index is -0.753. The van der Waals surface area contributed by atoms with Gasteiger partial charge in [0.1, 0.15) is 5.82 Å². The van der Waals surface area contributed by atoms with E-state index in [4.69, 9.17) is 10.3 Å². The van der Waals surface area contributed by atoms with Gasteiger partial charge in [0, 0.05) is 30.4 Å². The Bertz CT molecular complexity index is 1020. The van der Waals surface area contributed by atoms with Gasteiger partial charge in [-0.05, 0) is 18.2 Å². The van der Waals surface area contributed by atoms with Crippen LogP contribution in [-0.2, 0) is 6.54 Å². The largest absolute Gasteiger partial charge is 0.361 e. The third kappa shape index (κ3) is 2.90. The summed E-state index contributed by atoms with van der Waals surface area (Å²) in [5, 5.41) is 7.99. The maximum atomic E-state index is 11.1. The highest BCUT2D eigenvalue weighted by Gasteiger charge is 2.14. The van der Waals surface area contributed by atoms with E-state index in [0.717, 1.165) is 17.1 Å². The van der Waals surface area contributed by atoms with Crippen LogP contribution < -0.4 is 5.73 Å². The van der Waals surface area contributed by atoms with Crippen molar-refractivity contribution in [2.45, 2.75) is 6.54 Å². The Morgan fingerprint density at radius 2 is 2.12 bits per heavy atom. The van der Waals surface area contributed by atoms with Gasteiger partial charge in [0.05, 0.1) is 12.2 Å². The third-order valence-electron chi connectivity index (χ3n) is 3.58. The molecule has 0 atom stereocenters.